The van der Waals surface area contributed by atoms with Gasteiger partial charge < -0.3 is 5.11 Å². The summed E-state index contributed by atoms with van der Waals surface area (Å²) >= 11 is 0. The molecule has 80 valence electrons. The van der Waals surface area contributed by atoms with E-state index in [-0.39, 0.29) is 108 Å². The molecule has 0 saturated carbocycles. The molecule has 1 unspecified atom stereocenters. The molecule has 0 N–H and O–H groups in total. The van der Waals surface area contributed by atoms with E-state index in [0.29, 0.717) is 0 Å². The van der Waals surface area contributed by atoms with Crippen molar-refractivity contribution in [3.63, 3.8) is 0 Å². The molecule has 0 aromatic heterocycles. The van der Waals surface area contributed by atoms with Gasteiger partial charge in [-0.1, -0.05) is 33.3 Å². The van der Waals surface area contributed by atoms with Crippen LogP contribution >= 0.6 is 0 Å². The number of benzene rings is 1. The average molecular weight is 278 g/mol. The third-order valence-electron chi connectivity index (χ3n) is 2.58. The van der Waals surface area contributed by atoms with Crippen molar-refractivity contribution in [3.05, 3.63) is 35.9 Å². The van der Waals surface area contributed by atoms with E-state index in [1.54, 1.807) is 13.0 Å². The molecular weight excluding hydrogens is 262 g/mol. The molecule has 0 spiro atoms. The van der Waals surface area contributed by atoms with Crippen molar-refractivity contribution in [1.29, 1.82) is 0 Å². The second-order valence-electron chi connectivity index (χ2n) is 4.81. The third-order valence-corrected chi connectivity index (χ3v) is 2.58. The van der Waals surface area contributed by atoms with Gasteiger partial charge in [-0.15, -0.1) is 35.9 Å². The summed E-state index contributed by atoms with van der Waals surface area (Å²) in [4.78, 5) is 0. The first-order valence-electron chi connectivity index (χ1n) is 5.03. The number of hydrogen-bond donors (Lipinski definition) is 0. The minimum absolute atomic E-state index is 0. The summed E-state index contributed by atoms with van der Waals surface area (Å²) in [6, 6.07) is 10.4. The normalized spacial score (nSPS) is 13.2. The van der Waals surface area contributed by atoms with E-state index in [2.05, 4.69) is 17.9 Å². The summed E-state index contributed by atoms with van der Waals surface area (Å²) in [6.07, 6.45) is 0. The Bertz CT molecular complexity index is 380. The Morgan fingerprint density at radius 1 is 1.12 bits per heavy atom. The van der Waals surface area contributed by atoms with Crippen LogP contribution in [0.3, 0.4) is 0 Å². The summed E-state index contributed by atoms with van der Waals surface area (Å²) < 4.78 is 0. The van der Waals surface area contributed by atoms with Crippen LogP contribution in [-0.4, -0.2) is 5.60 Å². The van der Waals surface area contributed by atoms with Gasteiger partial charge in [0.25, 0.3) is 0 Å². The number of hydrogen-bond acceptors (Lipinski definition) is 1. The van der Waals surface area contributed by atoms with E-state index >= 15 is 0 Å². The Morgan fingerprint density at radius 2 is 1.71 bits per heavy atom. The Morgan fingerprint density at radius 3 is 2.12 bits per heavy atom. The molecule has 0 fully saturated rings. The fourth-order valence-corrected chi connectivity index (χ4v) is 0.845. The van der Waals surface area contributed by atoms with Crippen LogP contribution in [0.2, 0.25) is 0 Å². The molecule has 0 radical (unpaired) electrons. The summed E-state index contributed by atoms with van der Waals surface area (Å²) in [5.74, 6) is 5.65. The van der Waals surface area contributed by atoms with Crippen LogP contribution in [0.1, 0.15) is 33.3 Å². The second kappa shape index (κ2) is 9.04. The zero-order valence-electron chi connectivity index (χ0n) is 11.7. The maximum absolute atomic E-state index is 12.1. The van der Waals surface area contributed by atoms with Gasteiger partial charge in [0.05, 0.1) is 0 Å². The minimum atomic E-state index is -1.24. The van der Waals surface area contributed by atoms with Crippen molar-refractivity contribution in [1.82, 2.24) is 0 Å². The molecule has 0 amide bonds. The molecule has 0 heterocycles. The van der Waals surface area contributed by atoms with Gasteiger partial charge in [-0.05, 0) is 5.41 Å². The van der Waals surface area contributed by atoms with Gasteiger partial charge in [0.2, 0.25) is 0 Å². The zero-order valence-corrected chi connectivity index (χ0v) is 18.0. The van der Waals surface area contributed by atoms with Gasteiger partial charge in [0.15, 0.2) is 0 Å². The van der Waals surface area contributed by atoms with E-state index in [0.717, 1.165) is 5.56 Å². The van der Waals surface area contributed by atoms with Crippen molar-refractivity contribution in [3.8, 4) is 11.8 Å². The van der Waals surface area contributed by atoms with Gasteiger partial charge in [0, 0.05) is 0 Å². The first-order chi connectivity index (χ1) is 6.83. The van der Waals surface area contributed by atoms with Gasteiger partial charge in [0.1, 0.15) is 0 Å². The first kappa shape index (κ1) is 21.3. The second-order valence-corrected chi connectivity index (χ2v) is 4.81. The Labute approximate surface area is 190 Å². The molecule has 0 aliphatic carbocycles. The van der Waals surface area contributed by atoms with Crippen molar-refractivity contribution in [2.45, 2.75) is 33.3 Å². The molecular formula is C14H16K2O. The predicted molar refractivity (Wildman–Crippen MR) is 60.0 cm³/mol. The molecule has 0 aliphatic heterocycles. The maximum atomic E-state index is 12.1. The smallest absolute Gasteiger partial charge is 0.840 e. The Balaban J connectivity index is 0. The summed E-state index contributed by atoms with van der Waals surface area (Å²) in [5, 5.41) is 12.1. The standard InChI is InChI=1S/C14H16O.2K/c1-13(2,3)14(4,15)11-10-12-8-6-5-7-9-12;;/h5-8H,1-4H3;;/q-2;2*+1. The number of rotatable bonds is 0. The Hall–Kier alpha value is 2.01. The fraction of sp³-hybridized carbons (Fsp3) is 0.429. The van der Waals surface area contributed by atoms with Crippen LogP contribution in [0.4, 0.5) is 0 Å². The molecule has 1 aromatic carbocycles. The largest absolute Gasteiger partial charge is 1.00 e. The molecule has 1 rings (SSSR count). The SMILES string of the molecule is CC(C)(C)C(C)([O-])C#Cc1[c-]cccc1.[K+].[K+]. The molecule has 1 aromatic rings. The first-order valence-corrected chi connectivity index (χ1v) is 5.03. The van der Waals surface area contributed by atoms with Crippen LogP contribution in [0, 0.1) is 23.3 Å². The van der Waals surface area contributed by atoms with Crippen molar-refractivity contribution in [2.24, 2.45) is 5.41 Å². The fourth-order valence-electron chi connectivity index (χ4n) is 0.845. The van der Waals surface area contributed by atoms with E-state index in [4.69, 9.17) is 0 Å². The van der Waals surface area contributed by atoms with Crippen LogP contribution < -0.4 is 108 Å². The molecule has 0 saturated heterocycles. The molecule has 1 atom stereocenters. The summed E-state index contributed by atoms with van der Waals surface area (Å²) in [7, 11) is 0. The predicted octanol–water partition coefficient (Wildman–Crippen LogP) is -3.99. The summed E-state index contributed by atoms with van der Waals surface area (Å²) in [5.41, 5.74) is -0.838. The molecule has 3 heteroatoms. The zero-order chi connectivity index (χ0) is 11.5. The molecule has 0 bridgehead atoms. The van der Waals surface area contributed by atoms with E-state index in [1.165, 1.54) is 0 Å². The van der Waals surface area contributed by atoms with Gasteiger partial charge in [-0.2, -0.15) is 11.8 Å². The van der Waals surface area contributed by atoms with Crippen molar-refractivity contribution in [2.75, 3.05) is 0 Å². The van der Waals surface area contributed by atoms with Crippen LogP contribution in [0.5, 0.6) is 0 Å². The average Bonchev–Trinajstić information content (AvgIpc) is 2.15. The maximum Gasteiger partial charge on any atom is 1.00 e. The summed E-state index contributed by atoms with van der Waals surface area (Å²) in [6.45, 7) is 7.35. The minimum Gasteiger partial charge on any atom is -0.840 e. The topological polar surface area (TPSA) is 23.1 Å². The van der Waals surface area contributed by atoms with Crippen LogP contribution in [-0.2, 0) is 0 Å². The van der Waals surface area contributed by atoms with Crippen LogP contribution in [0.25, 0.3) is 0 Å². The monoisotopic (exact) mass is 278 g/mol. The van der Waals surface area contributed by atoms with Crippen molar-refractivity contribution >= 4 is 0 Å². The molecule has 17 heavy (non-hydrogen) atoms. The van der Waals surface area contributed by atoms with Gasteiger partial charge >= 0.3 is 103 Å². The van der Waals surface area contributed by atoms with Gasteiger partial charge in [-0.25, -0.2) is 0 Å². The van der Waals surface area contributed by atoms with Gasteiger partial charge in [-0.3, -0.25) is 0 Å². The molecule has 1 nitrogen and oxygen atoms in total. The third kappa shape index (κ3) is 7.38. The van der Waals surface area contributed by atoms with Crippen LogP contribution in [0.15, 0.2) is 24.3 Å². The van der Waals surface area contributed by atoms with Crippen molar-refractivity contribution < 1.29 is 108 Å². The van der Waals surface area contributed by atoms with E-state index in [9.17, 15) is 5.11 Å². The van der Waals surface area contributed by atoms with E-state index < -0.39 is 5.60 Å². The van der Waals surface area contributed by atoms with E-state index in [1.807, 2.05) is 39.0 Å². The Kier molecular flexibility index (Phi) is 11.3. The quantitative estimate of drug-likeness (QED) is 0.270. The molecule has 0 aliphatic rings.